The van der Waals surface area contributed by atoms with Crippen molar-refractivity contribution >= 4 is 23.1 Å². The van der Waals surface area contributed by atoms with Gasteiger partial charge in [-0.15, -0.1) is 0 Å². The number of carbonyl (C=O) groups is 2. The second kappa shape index (κ2) is 8.94. The molecule has 0 aromatic heterocycles. The van der Waals surface area contributed by atoms with E-state index in [2.05, 4.69) is 0 Å². The second-order valence-corrected chi connectivity index (χ2v) is 8.19. The third kappa shape index (κ3) is 3.90. The summed E-state index contributed by atoms with van der Waals surface area (Å²) in [6.45, 7) is 3.35. The highest BCUT2D eigenvalue weighted by Gasteiger charge is 2.45. The number of benzene rings is 2. The molecule has 1 fully saturated rings. The molecular formula is C25H28N2O5. The van der Waals surface area contributed by atoms with Crippen LogP contribution in [-0.4, -0.2) is 55.6 Å². The van der Waals surface area contributed by atoms with Gasteiger partial charge in [0.05, 0.1) is 11.6 Å². The lowest BCUT2D eigenvalue weighted by molar-refractivity contribution is -0.139. The summed E-state index contributed by atoms with van der Waals surface area (Å²) in [4.78, 5) is 29.5. The van der Waals surface area contributed by atoms with Crippen LogP contribution in [0.5, 0.6) is 11.5 Å². The lowest BCUT2D eigenvalue weighted by Crippen LogP contribution is -2.30. The molecule has 2 aliphatic heterocycles. The van der Waals surface area contributed by atoms with E-state index in [0.29, 0.717) is 36.8 Å². The second-order valence-electron chi connectivity index (χ2n) is 8.19. The number of likely N-dealkylation sites (tertiary alicyclic amines) is 1. The Hall–Kier alpha value is -3.48. The summed E-state index contributed by atoms with van der Waals surface area (Å²) in [6.07, 6.45) is 1.65. The standard InChI is InChI=1S/C25H28N2O5/c1-4-5-12-27-22(16-6-9-18(10-7-16)26(2)3)21(24(29)25(27)30)23(28)17-8-11-19-20(15-17)32-14-13-31-19/h6-11,15,22,28H,4-5,12-14H2,1-3H3/b23-21-. The maximum Gasteiger partial charge on any atom is 0.295 e. The van der Waals surface area contributed by atoms with E-state index in [0.717, 1.165) is 24.1 Å². The lowest BCUT2D eigenvalue weighted by Gasteiger charge is -2.26. The van der Waals surface area contributed by atoms with Crippen molar-refractivity contribution in [3.8, 4) is 11.5 Å². The van der Waals surface area contributed by atoms with Gasteiger partial charge in [-0.1, -0.05) is 25.5 Å². The maximum atomic E-state index is 13.1. The Morgan fingerprint density at radius 1 is 1.06 bits per heavy atom. The molecule has 1 N–H and O–H groups in total. The molecule has 7 nitrogen and oxygen atoms in total. The van der Waals surface area contributed by atoms with Crippen LogP contribution >= 0.6 is 0 Å². The summed E-state index contributed by atoms with van der Waals surface area (Å²) in [6, 6.07) is 12.1. The topological polar surface area (TPSA) is 79.3 Å². The van der Waals surface area contributed by atoms with Crippen molar-refractivity contribution in [1.29, 1.82) is 0 Å². The summed E-state index contributed by atoms with van der Waals surface area (Å²) < 4.78 is 11.2. The number of hydrogen-bond donors (Lipinski definition) is 1. The van der Waals surface area contributed by atoms with Gasteiger partial charge in [0.2, 0.25) is 0 Å². The van der Waals surface area contributed by atoms with Crippen LogP contribution in [0.4, 0.5) is 5.69 Å². The fourth-order valence-corrected chi connectivity index (χ4v) is 4.09. The number of aliphatic hydroxyl groups is 1. The van der Waals surface area contributed by atoms with Gasteiger partial charge in [-0.25, -0.2) is 0 Å². The quantitative estimate of drug-likeness (QED) is 0.422. The van der Waals surface area contributed by atoms with Crippen molar-refractivity contribution in [3.63, 3.8) is 0 Å². The minimum absolute atomic E-state index is 0.0976. The van der Waals surface area contributed by atoms with Gasteiger partial charge in [-0.2, -0.15) is 0 Å². The van der Waals surface area contributed by atoms with Gasteiger partial charge in [0.15, 0.2) is 11.5 Å². The average Bonchev–Trinajstić information content (AvgIpc) is 3.06. The minimum atomic E-state index is -0.671. The molecule has 2 aromatic carbocycles. The van der Waals surface area contributed by atoms with Crippen molar-refractivity contribution in [3.05, 3.63) is 59.2 Å². The monoisotopic (exact) mass is 436 g/mol. The summed E-state index contributed by atoms with van der Waals surface area (Å²) in [7, 11) is 3.90. The number of nitrogens with zero attached hydrogens (tertiary/aromatic N) is 2. The Balaban J connectivity index is 1.81. The zero-order valence-electron chi connectivity index (χ0n) is 18.6. The number of fused-ring (bicyclic) bond motifs is 1. The lowest BCUT2D eigenvalue weighted by atomic mass is 9.95. The van der Waals surface area contributed by atoms with E-state index >= 15 is 0 Å². The molecule has 0 bridgehead atoms. The summed E-state index contributed by atoms with van der Waals surface area (Å²) in [5.74, 6) is -0.366. The number of amides is 1. The van der Waals surface area contributed by atoms with Crippen LogP contribution in [0.15, 0.2) is 48.0 Å². The van der Waals surface area contributed by atoms with E-state index < -0.39 is 17.7 Å². The zero-order chi connectivity index (χ0) is 22.8. The van der Waals surface area contributed by atoms with Gasteiger partial charge in [0, 0.05) is 31.9 Å². The first kappa shape index (κ1) is 21.7. The molecule has 2 heterocycles. The Bertz CT molecular complexity index is 1060. The van der Waals surface area contributed by atoms with E-state index in [-0.39, 0.29) is 11.3 Å². The van der Waals surface area contributed by atoms with E-state index in [4.69, 9.17) is 9.47 Å². The predicted octanol–water partition coefficient (Wildman–Crippen LogP) is 3.75. The zero-order valence-corrected chi connectivity index (χ0v) is 18.6. The molecule has 1 saturated heterocycles. The molecule has 32 heavy (non-hydrogen) atoms. The van der Waals surface area contributed by atoms with Gasteiger partial charge in [-0.3, -0.25) is 9.59 Å². The van der Waals surface area contributed by atoms with Crippen LogP contribution in [0.3, 0.4) is 0 Å². The Morgan fingerprint density at radius 2 is 1.75 bits per heavy atom. The minimum Gasteiger partial charge on any atom is -0.507 e. The summed E-state index contributed by atoms with van der Waals surface area (Å²) in [5.41, 5.74) is 2.30. The third-order valence-electron chi connectivity index (χ3n) is 5.83. The molecule has 2 aromatic rings. The Kier molecular flexibility index (Phi) is 6.08. The van der Waals surface area contributed by atoms with Crippen LogP contribution in [0.2, 0.25) is 0 Å². The van der Waals surface area contributed by atoms with E-state index in [1.807, 2.05) is 50.2 Å². The molecule has 0 saturated carbocycles. The number of unbranched alkanes of at least 4 members (excludes halogenated alkanes) is 1. The number of carbonyl (C=O) groups excluding carboxylic acids is 2. The van der Waals surface area contributed by atoms with E-state index in [1.165, 1.54) is 0 Å². The number of rotatable bonds is 6. The molecular weight excluding hydrogens is 408 g/mol. The van der Waals surface area contributed by atoms with Crippen LogP contribution in [0, 0.1) is 0 Å². The van der Waals surface area contributed by atoms with Crippen molar-refractivity contribution in [2.75, 3.05) is 38.8 Å². The van der Waals surface area contributed by atoms with Gasteiger partial charge < -0.3 is 24.4 Å². The summed E-state index contributed by atoms with van der Waals surface area (Å²) >= 11 is 0. The van der Waals surface area contributed by atoms with Crippen molar-refractivity contribution < 1.29 is 24.2 Å². The number of ether oxygens (including phenoxy) is 2. The number of hydrogen-bond acceptors (Lipinski definition) is 6. The Labute approximate surface area is 187 Å². The molecule has 0 aliphatic carbocycles. The smallest absolute Gasteiger partial charge is 0.295 e. The molecule has 2 aliphatic rings. The first-order valence-electron chi connectivity index (χ1n) is 10.9. The van der Waals surface area contributed by atoms with Gasteiger partial charge >= 0.3 is 0 Å². The molecule has 0 spiro atoms. The largest absolute Gasteiger partial charge is 0.507 e. The highest BCUT2D eigenvalue weighted by atomic mass is 16.6. The fourth-order valence-electron chi connectivity index (χ4n) is 4.09. The molecule has 4 rings (SSSR count). The predicted molar refractivity (Wildman–Crippen MR) is 122 cm³/mol. The molecule has 1 atom stereocenters. The molecule has 168 valence electrons. The van der Waals surface area contributed by atoms with Crippen LogP contribution in [0.1, 0.15) is 36.9 Å². The maximum absolute atomic E-state index is 13.1. The number of aliphatic hydroxyl groups excluding tert-OH is 1. The highest BCUT2D eigenvalue weighted by Crippen LogP contribution is 2.41. The molecule has 0 radical (unpaired) electrons. The van der Waals surface area contributed by atoms with Crippen LogP contribution in [-0.2, 0) is 9.59 Å². The van der Waals surface area contributed by atoms with Gasteiger partial charge in [0.1, 0.15) is 19.0 Å². The van der Waals surface area contributed by atoms with Crippen LogP contribution in [0.25, 0.3) is 5.76 Å². The first-order chi connectivity index (χ1) is 15.4. The number of anilines is 1. The average molecular weight is 437 g/mol. The number of Topliss-reactive ketones (excluding diaryl/α,β-unsaturated/α-hetero) is 1. The van der Waals surface area contributed by atoms with Crippen molar-refractivity contribution in [2.24, 2.45) is 0 Å². The molecule has 1 amide bonds. The fraction of sp³-hybridized carbons (Fsp3) is 0.360. The van der Waals surface area contributed by atoms with Crippen molar-refractivity contribution in [2.45, 2.75) is 25.8 Å². The van der Waals surface area contributed by atoms with Gasteiger partial charge in [0.25, 0.3) is 11.7 Å². The van der Waals surface area contributed by atoms with Crippen molar-refractivity contribution in [1.82, 2.24) is 4.90 Å². The first-order valence-corrected chi connectivity index (χ1v) is 10.9. The van der Waals surface area contributed by atoms with Crippen LogP contribution < -0.4 is 14.4 Å². The molecule has 1 unspecified atom stereocenters. The third-order valence-corrected chi connectivity index (χ3v) is 5.83. The summed E-state index contributed by atoms with van der Waals surface area (Å²) in [5, 5.41) is 11.2. The van der Waals surface area contributed by atoms with E-state index in [9.17, 15) is 14.7 Å². The van der Waals surface area contributed by atoms with Gasteiger partial charge in [-0.05, 0) is 42.3 Å². The normalized spacial score (nSPS) is 19.3. The SMILES string of the molecule is CCCCN1C(=O)C(=O)/C(=C(\O)c2ccc3c(c2)OCCO3)C1c1ccc(N(C)C)cc1. The highest BCUT2D eigenvalue weighted by molar-refractivity contribution is 6.46. The van der Waals surface area contributed by atoms with E-state index in [1.54, 1.807) is 23.1 Å². The molecule has 7 heteroatoms. The Morgan fingerprint density at radius 3 is 2.41 bits per heavy atom. The number of ketones is 1.